The second-order valence-corrected chi connectivity index (χ2v) is 10.7. The molecule has 31 heavy (non-hydrogen) atoms. The van der Waals surface area contributed by atoms with Crippen molar-refractivity contribution in [1.82, 2.24) is 5.32 Å². The molecule has 0 heterocycles. The van der Waals surface area contributed by atoms with Gasteiger partial charge in [-0.1, -0.05) is 79.1 Å². The standard InChI is InChI=1S/C23H28Cl2N2O3S/c1-17-12-14-19(15-13-17)31(29,30)27(21-11-7-10-20(24)23(21)25)16-22(28)26-18-8-5-3-2-4-6-9-18/h7,10-15,18H,2-6,8-9,16H2,1H3,(H,26,28). The summed E-state index contributed by atoms with van der Waals surface area (Å²) in [6.45, 7) is 1.51. The van der Waals surface area contributed by atoms with Crippen molar-refractivity contribution in [2.24, 2.45) is 0 Å². The maximum Gasteiger partial charge on any atom is 0.264 e. The number of halogens is 2. The predicted molar refractivity (Wildman–Crippen MR) is 126 cm³/mol. The van der Waals surface area contributed by atoms with E-state index in [4.69, 9.17) is 23.2 Å². The molecule has 1 aliphatic rings. The number of carbonyl (C=O) groups is 1. The fourth-order valence-electron chi connectivity index (χ4n) is 3.83. The lowest BCUT2D eigenvalue weighted by Crippen LogP contribution is -2.44. The van der Waals surface area contributed by atoms with E-state index < -0.39 is 10.0 Å². The van der Waals surface area contributed by atoms with Crippen LogP contribution in [-0.4, -0.2) is 26.9 Å². The molecule has 0 bridgehead atoms. The molecule has 1 N–H and O–H groups in total. The van der Waals surface area contributed by atoms with Crippen molar-refractivity contribution in [3.8, 4) is 0 Å². The Hall–Kier alpha value is -1.76. The zero-order valence-corrected chi connectivity index (χ0v) is 19.9. The fraction of sp³-hybridized carbons (Fsp3) is 0.435. The lowest BCUT2D eigenvalue weighted by atomic mass is 9.97. The normalized spacial score (nSPS) is 15.7. The summed E-state index contributed by atoms with van der Waals surface area (Å²) in [5, 5.41) is 3.35. The number of hydrogen-bond donors (Lipinski definition) is 1. The van der Waals surface area contributed by atoms with Crippen LogP contribution in [0.5, 0.6) is 0 Å². The maximum absolute atomic E-state index is 13.5. The SMILES string of the molecule is Cc1ccc(S(=O)(=O)N(CC(=O)NC2CCCCCCC2)c2cccc(Cl)c2Cl)cc1. The molecule has 1 aliphatic carbocycles. The summed E-state index contributed by atoms with van der Waals surface area (Å²) in [4.78, 5) is 13.0. The zero-order valence-electron chi connectivity index (χ0n) is 17.6. The number of hydrogen-bond acceptors (Lipinski definition) is 3. The molecule has 1 saturated carbocycles. The third kappa shape index (κ3) is 6.15. The number of nitrogens with one attached hydrogen (secondary N) is 1. The summed E-state index contributed by atoms with van der Waals surface area (Å²) < 4.78 is 28.0. The summed E-state index contributed by atoms with van der Waals surface area (Å²) in [5.41, 5.74) is 1.12. The first kappa shape index (κ1) is 23.9. The van der Waals surface area contributed by atoms with Crippen LogP contribution in [0.1, 0.15) is 50.5 Å². The predicted octanol–water partition coefficient (Wildman–Crippen LogP) is 5.73. The second kappa shape index (κ2) is 10.7. The van der Waals surface area contributed by atoms with Crippen molar-refractivity contribution < 1.29 is 13.2 Å². The van der Waals surface area contributed by atoms with E-state index in [9.17, 15) is 13.2 Å². The average Bonchev–Trinajstić information content (AvgIpc) is 2.71. The first-order valence-electron chi connectivity index (χ1n) is 10.6. The Kier molecular flexibility index (Phi) is 8.25. The van der Waals surface area contributed by atoms with Gasteiger partial charge >= 0.3 is 0 Å². The third-order valence-corrected chi connectivity index (χ3v) is 8.15. The largest absolute Gasteiger partial charge is 0.352 e. The van der Waals surface area contributed by atoms with Crippen molar-refractivity contribution in [3.63, 3.8) is 0 Å². The van der Waals surface area contributed by atoms with Crippen LogP contribution in [0.15, 0.2) is 47.4 Å². The van der Waals surface area contributed by atoms with E-state index in [-0.39, 0.29) is 39.1 Å². The van der Waals surface area contributed by atoms with E-state index >= 15 is 0 Å². The van der Waals surface area contributed by atoms with E-state index in [2.05, 4.69) is 5.32 Å². The molecule has 2 aromatic rings. The van der Waals surface area contributed by atoms with E-state index in [1.54, 1.807) is 30.3 Å². The van der Waals surface area contributed by atoms with Gasteiger partial charge in [-0.25, -0.2) is 8.42 Å². The molecule has 0 aromatic heterocycles. The van der Waals surface area contributed by atoms with Crippen LogP contribution in [0.4, 0.5) is 5.69 Å². The van der Waals surface area contributed by atoms with Gasteiger partial charge in [0.2, 0.25) is 5.91 Å². The zero-order chi connectivity index (χ0) is 22.4. The second-order valence-electron chi connectivity index (χ2n) is 8.01. The number of rotatable bonds is 6. The summed E-state index contributed by atoms with van der Waals surface area (Å²) in [6.07, 6.45) is 7.52. The Morgan fingerprint density at radius 3 is 2.26 bits per heavy atom. The summed E-state index contributed by atoms with van der Waals surface area (Å²) in [6, 6.07) is 11.3. The van der Waals surface area contributed by atoms with Gasteiger partial charge in [0.1, 0.15) is 6.54 Å². The molecule has 3 rings (SSSR count). The Bertz CT molecular complexity index is 1000. The quantitative estimate of drug-likeness (QED) is 0.571. The molecule has 0 aliphatic heterocycles. The third-order valence-electron chi connectivity index (χ3n) is 5.57. The molecule has 5 nitrogen and oxygen atoms in total. The van der Waals surface area contributed by atoms with Crippen LogP contribution >= 0.6 is 23.2 Å². The lowest BCUT2D eigenvalue weighted by molar-refractivity contribution is -0.120. The van der Waals surface area contributed by atoms with E-state index in [1.807, 2.05) is 6.92 Å². The van der Waals surface area contributed by atoms with Crippen LogP contribution in [0.2, 0.25) is 10.0 Å². The van der Waals surface area contributed by atoms with Gasteiger partial charge in [0.15, 0.2) is 0 Å². The molecule has 2 aromatic carbocycles. The Balaban J connectivity index is 1.89. The van der Waals surface area contributed by atoms with Crippen LogP contribution in [0, 0.1) is 6.92 Å². The molecule has 168 valence electrons. The highest BCUT2D eigenvalue weighted by Gasteiger charge is 2.30. The molecule has 1 fully saturated rings. The van der Waals surface area contributed by atoms with Gasteiger partial charge in [0, 0.05) is 6.04 Å². The fourth-order valence-corrected chi connectivity index (χ4v) is 5.71. The van der Waals surface area contributed by atoms with Gasteiger partial charge < -0.3 is 5.32 Å². The number of benzene rings is 2. The molecular formula is C23H28Cl2N2O3S. The highest BCUT2D eigenvalue weighted by atomic mass is 35.5. The smallest absolute Gasteiger partial charge is 0.264 e. The molecule has 1 amide bonds. The van der Waals surface area contributed by atoms with E-state index in [0.29, 0.717) is 0 Å². The first-order valence-corrected chi connectivity index (χ1v) is 12.8. The van der Waals surface area contributed by atoms with Crippen molar-refractivity contribution in [2.75, 3.05) is 10.8 Å². The number of nitrogens with zero attached hydrogens (tertiary/aromatic N) is 1. The molecule has 0 radical (unpaired) electrons. The Labute approximate surface area is 194 Å². The van der Waals surface area contributed by atoms with Crippen LogP contribution in [0.25, 0.3) is 0 Å². The Morgan fingerprint density at radius 1 is 1.00 bits per heavy atom. The van der Waals surface area contributed by atoms with Crippen molar-refractivity contribution in [2.45, 2.75) is 62.8 Å². The average molecular weight is 483 g/mol. The highest BCUT2D eigenvalue weighted by Crippen LogP contribution is 2.35. The van der Waals surface area contributed by atoms with Crippen LogP contribution < -0.4 is 9.62 Å². The molecule has 0 atom stereocenters. The van der Waals surface area contributed by atoms with Gasteiger partial charge in [-0.2, -0.15) is 0 Å². The number of anilines is 1. The summed E-state index contributed by atoms with van der Waals surface area (Å²) in [5.74, 6) is -0.350. The monoisotopic (exact) mass is 482 g/mol. The number of amides is 1. The van der Waals surface area contributed by atoms with Crippen LogP contribution in [-0.2, 0) is 14.8 Å². The molecule has 8 heteroatoms. The minimum Gasteiger partial charge on any atom is -0.352 e. The van der Waals surface area contributed by atoms with Crippen molar-refractivity contribution >= 4 is 44.8 Å². The molecule has 0 saturated heterocycles. The number of aryl methyl sites for hydroxylation is 1. The van der Waals surface area contributed by atoms with Crippen LogP contribution in [0.3, 0.4) is 0 Å². The van der Waals surface area contributed by atoms with Gasteiger partial charge in [0.05, 0.1) is 20.6 Å². The minimum atomic E-state index is -4.03. The molecular weight excluding hydrogens is 455 g/mol. The van der Waals surface area contributed by atoms with E-state index in [0.717, 1.165) is 35.6 Å². The van der Waals surface area contributed by atoms with Gasteiger partial charge in [-0.3, -0.25) is 9.10 Å². The minimum absolute atomic E-state index is 0.0616. The molecule has 0 spiro atoms. The summed E-state index contributed by atoms with van der Waals surface area (Å²) >= 11 is 12.5. The topological polar surface area (TPSA) is 66.5 Å². The molecule has 0 unspecified atom stereocenters. The highest BCUT2D eigenvalue weighted by molar-refractivity contribution is 7.92. The van der Waals surface area contributed by atoms with Gasteiger partial charge in [0.25, 0.3) is 10.0 Å². The summed E-state index contributed by atoms with van der Waals surface area (Å²) in [7, 11) is -4.03. The Morgan fingerprint density at radius 2 is 1.61 bits per heavy atom. The van der Waals surface area contributed by atoms with E-state index in [1.165, 1.54) is 31.4 Å². The van der Waals surface area contributed by atoms with Gasteiger partial charge in [-0.15, -0.1) is 0 Å². The van der Waals surface area contributed by atoms with Gasteiger partial charge in [-0.05, 0) is 44.0 Å². The van der Waals surface area contributed by atoms with Crippen molar-refractivity contribution in [3.05, 3.63) is 58.1 Å². The van der Waals surface area contributed by atoms with Crippen molar-refractivity contribution in [1.29, 1.82) is 0 Å². The number of sulfonamides is 1. The lowest BCUT2D eigenvalue weighted by Gasteiger charge is -2.27. The number of carbonyl (C=O) groups excluding carboxylic acids is 1. The maximum atomic E-state index is 13.5. The first-order chi connectivity index (χ1) is 14.8.